The van der Waals surface area contributed by atoms with Gasteiger partial charge in [0, 0.05) is 17.3 Å². The molecule has 0 amide bonds. The predicted octanol–water partition coefficient (Wildman–Crippen LogP) is 4.50. The zero-order valence-electron chi connectivity index (χ0n) is 9.24. The van der Waals surface area contributed by atoms with Gasteiger partial charge in [0.05, 0.1) is 11.2 Å². The van der Waals surface area contributed by atoms with Crippen molar-refractivity contribution in [1.82, 2.24) is 14.6 Å². The number of fused-ring (bicyclic) bond motifs is 1. The summed E-state index contributed by atoms with van der Waals surface area (Å²) in [6, 6.07) is 4.06. The van der Waals surface area contributed by atoms with Crippen molar-refractivity contribution >= 4 is 40.4 Å². The van der Waals surface area contributed by atoms with Crippen molar-refractivity contribution in [2.24, 2.45) is 0 Å². The molecule has 2 heterocycles. The molecule has 7 heteroatoms. The normalized spacial score (nSPS) is 11.2. The maximum absolute atomic E-state index is 13.1. The zero-order chi connectivity index (χ0) is 13.6. The first kappa shape index (κ1) is 12.7. The molecule has 3 aromatic rings. The summed E-state index contributed by atoms with van der Waals surface area (Å²) in [5.41, 5.74) is 1.58. The van der Waals surface area contributed by atoms with E-state index in [2.05, 4.69) is 10.1 Å². The fraction of sp³-hybridized carbons (Fsp3) is 0. The summed E-state index contributed by atoms with van der Waals surface area (Å²) < 4.78 is 14.5. The molecule has 0 fully saturated rings. The molecule has 0 aliphatic heterocycles. The van der Waals surface area contributed by atoms with Gasteiger partial charge in [0.25, 0.3) is 0 Å². The van der Waals surface area contributed by atoms with Crippen molar-refractivity contribution in [2.75, 3.05) is 0 Å². The second kappa shape index (κ2) is 4.63. The minimum atomic E-state index is -0.416. The van der Waals surface area contributed by atoms with Crippen LogP contribution in [0.15, 0.2) is 30.6 Å². The van der Waals surface area contributed by atoms with Crippen molar-refractivity contribution in [3.8, 4) is 11.1 Å². The number of rotatable bonds is 1. The van der Waals surface area contributed by atoms with Crippen LogP contribution in [0, 0.1) is 5.82 Å². The van der Waals surface area contributed by atoms with Crippen LogP contribution in [0.1, 0.15) is 0 Å². The largest absolute Gasteiger partial charge is 0.235 e. The molecule has 0 spiro atoms. The summed E-state index contributed by atoms with van der Waals surface area (Å²) in [5, 5.41) is 4.99. The molecule has 0 bridgehead atoms. The van der Waals surface area contributed by atoms with Crippen molar-refractivity contribution in [3.63, 3.8) is 0 Å². The van der Waals surface area contributed by atoms with Crippen molar-refractivity contribution in [2.45, 2.75) is 0 Å². The second-order valence-corrected chi connectivity index (χ2v) is 4.99. The number of aromatic nitrogens is 3. The van der Waals surface area contributed by atoms with Gasteiger partial charge in [0.2, 0.25) is 0 Å². The Hall–Kier alpha value is -1.36. The van der Waals surface area contributed by atoms with Crippen molar-refractivity contribution in [3.05, 3.63) is 51.6 Å². The first-order valence-electron chi connectivity index (χ1n) is 5.21. The molecule has 3 nitrogen and oxygen atoms in total. The van der Waals surface area contributed by atoms with E-state index in [1.165, 1.54) is 35.1 Å². The highest BCUT2D eigenvalue weighted by Gasteiger charge is 2.14. The summed E-state index contributed by atoms with van der Waals surface area (Å²) in [7, 11) is 0. The van der Waals surface area contributed by atoms with Gasteiger partial charge < -0.3 is 0 Å². The van der Waals surface area contributed by atoms with Crippen LogP contribution in [0.3, 0.4) is 0 Å². The topological polar surface area (TPSA) is 30.2 Å². The summed E-state index contributed by atoms with van der Waals surface area (Å²) >= 11 is 18.2. The van der Waals surface area contributed by atoms with Gasteiger partial charge in [-0.05, 0) is 18.2 Å². The first-order valence-corrected chi connectivity index (χ1v) is 6.34. The Kier molecular flexibility index (Phi) is 3.09. The van der Waals surface area contributed by atoms with Crippen LogP contribution in [0.25, 0.3) is 16.8 Å². The molecule has 1 aromatic carbocycles. The number of hydrogen-bond acceptors (Lipinski definition) is 2. The lowest BCUT2D eigenvalue weighted by molar-refractivity contribution is 0.628. The summed E-state index contributed by atoms with van der Waals surface area (Å²) in [5.74, 6) is -0.416. The molecule has 2 aromatic heterocycles. The predicted molar refractivity (Wildman–Crippen MR) is 73.4 cm³/mol. The van der Waals surface area contributed by atoms with E-state index in [-0.39, 0.29) is 5.02 Å². The minimum absolute atomic E-state index is 0.251. The van der Waals surface area contributed by atoms with Crippen LogP contribution in [0.2, 0.25) is 15.2 Å². The fourth-order valence-corrected chi connectivity index (χ4v) is 2.48. The Morgan fingerprint density at radius 2 is 1.79 bits per heavy atom. The Morgan fingerprint density at radius 3 is 2.53 bits per heavy atom. The van der Waals surface area contributed by atoms with E-state index >= 15 is 0 Å². The molecule has 0 unspecified atom stereocenters. The van der Waals surface area contributed by atoms with E-state index in [9.17, 15) is 4.39 Å². The molecule has 0 saturated carbocycles. The van der Waals surface area contributed by atoms with Gasteiger partial charge in [-0.2, -0.15) is 5.10 Å². The van der Waals surface area contributed by atoms with Gasteiger partial charge in [-0.15, -0.1) is 0 Å². The van der Waals surface area contributed by atoms with E-state index in [4.69, 9.17) is 34.8 Å². The molecule has 0 saturated heterocycles. The van der Waals surface area contributed by atoms with Crippen LogP contribution in [-0.2, 0) is 0 Å². The maximum Gasteiger partial charge on any atom is 0.175 e. The molecule has 96 valence electrons. The SMILES string of the molecule is Fc1ccc(-c2cnc3c(Cl)cnn3c2Cl)c(Cl)c1. The van der Waals surface area contributed by atoms with E-state index in [0.29, 0.717) is 26.9 Å². The monoisotopic (exact) mass is 315 g/mol. The van der Waals surface area contributed by atoms with Crippen LogP contribution in [0.4, 0.5) is 4.39 Å². The quantitative estimate of drug-likeness (QED) is 0.619. The number of halogens is 4. The molecular formula is C12H5Cl3FN3. The number of benzene rings is 1. The molecule has 0 aliphatic rings. The maximum atomic E-state index is 13.1. The lowest BCUT2D eigenvalue weighted by Gasteiger charge is -2.07. The van der Waals surface area contributed by atoms with Gasteiger partial charge in [-0.1, -0.05) is 34.8 Å². The Bertz CT molecular complexity index is 785. The third-order valence-electron chi connectivity index (χ3n) is 2.65. The van der Waals surface area contributed by atoms with Gasteiger partial charge in [0.1, 0.15) is 16.0 Å². The van der Waals surface area contributed by atoms with Crippen LogP contribution < -0.4 is 0 Å². The molecule has 0 atom stereocenters. The summed E-state index contributed by atoms with van der Waals surface area (Å²) in [6.45, 7) is 0. The smallest absolute Gasteiger partial charge is 0.175 e. The molecule has 19 heavy (non-hydrogen) atoms. The second-order valence-electron chi connectivity index (χ2n) is 3.81. The first-order chi connectivity index (χ1) is 9.08. The Balaban J connectivity index is 2.28. The van der Waals surface area contributed by atoms with Gasteiger partial charge in [0.15, 0.2) is 5.65 Å². The van der Waals surface area contributed by atoms with Crippen molar-refractivity contribution < 1.29 is 4.39 Å². The van der Waals surface area contributed by atoms with E-state index in [1.807, 2.05) is 0 Å². The highest BCUT2D eigenvalue weighted by Crippen LogP contribution is 2.34. The Morgan fingerprint density at radius 1 is 1.00 bits per heavy atom. The van der Waals surface area contributed by atoms with Crippen LogP contribution in [0.5, 0.6) is 0 Å². The molecule has 0 N–H and O–H groups in total. The standard InChI is InChI=1S/C12H5Cl3FN3/c13-9-3-6(16)1-2-7(9)8-4-17-12-10(14)5-18-19(12)11(8)15/h1-5H. The molecular weight excluding hydrogens is 312 g/mol. The number of nitrogens with zero attached hydrogens (tertiary/aromatic N) is 3. The lowest BCUT2D eigenvalue weighted by atomic mass is 10.1. The highest BCUT2D eigenvalue weighted by atomic mass is 35.5. The van der Waals surface area contributed by atoms with E-state index in [1.54, 1.807) is 0 Å². The number of hydrogen-bond donors (Lipinski definition) is 0. The zero-order valence-corrected chi connectivity index (χ0v) is 11.5. The van der Waals surface area contributed by atoms with Crippen molar-refractivity contribution in [1.29, 1.82) is 0 Å². The minimum Gasteiger partial charge on any atom is -0.235 e. The van der Waals surface area contributed by atoms with E-state index in [0.717, 1.165) is 0 Å². The highest BCUT2D eigenvalue weighted by molar-refractivity contribution is 6.36. The van der Waals surface area contributed by atoms with Crippen LogP contribution in [-0.4, -0.2) is 14.6 Å². The van der Waals surface area contributed by atoms with E-state index < -0.39 is 5.82 Å². The molecule has 0 radical (unpaired) electrons. The fourth-order valence-electron chi connectivity index (χ4n) is 1.76. The molecule has 3 rings (SSSR count). The summed E-state index contributed by atoms with van der Waals surface area (Å²) in [6.07, 6.45) is 2.98. The molecule has 0 aliphatic carbocycles. The van der Waals surface area contributed by atoms with Gasteiger partial charge >= 0.3 is 0 Å². The average Bonchev–Trinajstić information content (AvgIpc) is 2.74. The Labute approximate surface area is 122 Å². The van der Waals surface area contributed by atoms with Gasteiger partial charge in [-0.3, -0.25) is 0 Å². The third kappa shape index (κ3) is 2.06. The lowest BCUT2D eigenvalue weighted by Crippen LogP contribution is -1.95. The van der Waals surface area contributed by atoms with Gasteiger partial charge in [-0.25, -0.2) is 13.9 Å². The third-order valence-corrected chi connectivity index (χ3v) is 3.59. The average molecular weight is 317 g/mol. The van der Waals surface area contributed by atoms with Crippen LogP contribution >= 0.6 is 34.8 Å². The summed E-state index contributed by atoms with van der Waals surface area (Å²) in [4.78, 5) is 4.17.